The molecule has 0 spiro atoms. The van der Waals surface area contributed by atoms with Gasteiger partial charge in [0.25, 0.3) is 0 Å². The largest absolute Gasteiger partial charge is 0.472 e. The first-order chi connectivity index (χ1) is 23.8. The van der Waals surface area contributed by atoms with E-state index in [2.05, 4.69) is 31.3 Å². The maximum Gasteiger partial charge on any atom is 0.472 e. The molecule has 1 fully saturated rings. The molecule has 0 saturated heterocycles. The predicted octanol–water partition coefficient (Wildman–Crippen LogP) is 4.08. The number of hydrogen-bond donors (Lipinski definition) is 9. The summed E-state index contributed by atoms with van der Waals surface area (Å²) < 4.78 is 22.6. The van der Waals surface area contributed by atoms with E-state index in [1.165, 1.54) is 63.9 Å². The Morgan fingerprint density at radius 3 is 1.70 bits per heavy atom. The molecule has 1 aliphatic carbocycles. The molecule has 1 saturated carbocycles. The molecule has 0 aromatic heterocycles. The Morgan fingerprint density at radius 2 is 1.16 bits per heavy atom. The van der Waals surface area contributed by atoms with Gasteiger partial charge in [-0.05, 0) is 44.9 Å². The number of nitrogens with one attached hydrogen (secondary N) is 1. The molecule has 50 heavy (non-hydrogen) atoms. The van der Waals surface area contributed by atoms with Crippen molar-refractivity contribution >= 4 is 13.7 Å². The molecule has 9 N–H and O–H groups in total. The number of unbranched alkanes of at least 4 members (excludes halogenated alkanes) is 14. The minimum Gasteiger partial charge on any atom is -0.393 e. The van der Waals surface area contributed by atoms with E-state index in [0.717, 1.165) is 38.5 Å². The Labute approximate surface area is 299 Å². The maximum atomic E-state index is 12.8. The lowest BCUT2D eigenvalue weighted by atomic mass is 9.85. The molecule has 0 aromatic rings. The smallest absolute Gasteiger partial charge is 0.393 e. The fraction of sp³-hybridized carbons (Fsp3) is 0.861. The van der Waals surface area contributed by atoms with Crippen LogP contribution in [0.3, 0.4) is 0 Å². The van der Waals surface area contributed by atoms with Crippen LogP contribution in [0.25, 0.3) is 0 Å². The van der Waals surface area contributed by atoms with Gasteiger partial charge in [-0.2, -0.15) is 0 Å². The van der Waals surface area contributed by atoms with Crippen molar-refractivity contribution in [1.82, 2.24) is 5.32 Å². The molecule has 13 nitrogen and oxygen atoms in total. The van der Waals surface area contributed by atoms with Gasteiger partial charge in [-0.3, -0.25) is 13.8 Å². The Morgan fingerprint density at radius 1 is 0.700 bits per heavy atom. The summed E-state index contributed by atoms with van der Waals surface area (Å²) in [6.45, 7) is 3.62. The van der Waals surface area contributed by atoms with E-state index in [9.17, 15) is 50.0 Å². The lowest BCUT2D eigenvalue weighted by Gasteiger charge is -2.41. The first kappa shape index (κ1) is 46.8. The van der Waals surface area contributed by atoms with E-state index in [4.69, 9.17) is 9.05 Å². The number of carbonyl (C=O) groups excluding carboxylic acids is 1. The topological polar surface area (TPSA) is 226 Å². The van der Waals surface area contributed by atoms with E-state index in [1.54, 1.807) is 6.08 Å². The third kappa shape index (κ3) is 20.1. The molecule has 8 atom stereocenters. The van der Waals surface area contributed by atoms with E-state index >= 15 is 0 Å². The van der Waals surface area contributed by atoms with Crippen LogP contribution in [0.1, 0.15) is 136 Å². The second kappa shape index (κ2) is 27.4. The number of carbonyl (C=O) groups is 1. The molecule has 1 amide bonds. The van der Waals surface area contributed by atoms with Crippen molar-refractivity contribution in [2.45, 2.75) is 191 Å². The van der Waals surface area contributed by atoms with Gasteiger partial charge in [0.2, 0.25) is 5.91 Å². The zero-order valence-electron chi connectivity index (χ0n) is 30.3. The van der Waals surface area contributed by atoms with Gasteiger partial charge in [-0.25, -0.2) is 4.57 Å². The second-order valence-electron chi connectivity index (χ2n) is 13.6. The van der Waals surface area contributed by atoms with Crippen molar-refractivity contribution in [3.63, 3.8) is 0 Å². The van der Waals surface area contributed by atoms with Crippen LogP contribution in [0, 0.1) is 0 Å². The van der Waals surface area contributed by atoms with Gasteiger partial charge in [0, 0.05) is 0 Å². The Kier molecular flexibility index (Phi) is 25.6. The monoisotopic (exact) mass is 737 g/mol. The van der Waals surface area contributed by atoms with E-state index in [0.29, 0.717) is 19.3 Å². The van der Waals surface area contributed by atoms with Crippen molar-refractivity contribution in [1.29, 1.82) is 0 Å². The molecule has 0 bridgehead atoms. The summed E-state index contributed by atoms with van der Waals surface area (Å²) in [5.74, 6) is -0.615. The average molecular weight is 738 g/mol. The third-order valence-electron chi connectivity index (χ3n) is 9.03. The van der Waals surface area contributed by atoms with Crippen LogP contribution in [0.5, 0.6) is 0 Å². The Balaban J connectivity index is 2.69. The van der Waals surface area contributed by atoms with Gasteiger partial charge in [0.1, 0.15) is 36.6 Å². The maximum absolute atomic E-state index is 12.8. The summed E-state index contributed by atoms with van der Waals surface area (Å²) in [6.07, 6.45) is 11.7. The number of aliphatic hydroxyl groups is 7. The molecule has 294 valence electrons. The van der Waals surface area contributed by atoms with Crippen molar-refractivity contribution in [2.75, 3.05) is 6.61 Å². The standard InChI is InChI=1S/C36H68NO12P/c1-3-5-7-9-11-13-14-16-17-19-21-23-27(38)25-30(40)37-28(29(39)24-22-20-18-15-12-10-8-6-4-2)26-48-50(46,47)49-36-34(44)32(42)31(41)33(43)35(36)45/h16-17,22,24,27-29,31-36,38-39,41-45H,3-15,18-21,23,25-26H2,1-2H3,(H,37,40)(H,46,47)/b17-16-,24-22+. The lowest BCUT2D eigenvalue weighted by Crippen LogP contribution is -2.64. The van der Waals surface area contributed by atoms with Crippen molar-refractivity contribution in [3.8, 4) is 0 Å². The molecule has 1 aliphatic rings. The fourth-order valence-electron chi connectivity index (χ4n) is 5.83. The van der Waals surface area contributed by atoms with Crippen molar-refractivity contribution < 1.29 is 59.0 Å². The molecule has 1 rings (SSSR count). The zero-order valence-corrected chi connectivity index (χ0v) is 31.2. The second-order valence-corrected chi connectivity index (χ2v) is 15.0. The van der Waals surface area contributed by atoms with Gasteiger partial charge in [0.05, 0.1) is 31.3 Å². The van der Waals surface area contributed by atoms with Gasteiger partial charge >= 0.3 is 7.82 Å². The summed E-state index contributed by atoms with van der Waals surface area (Å²) in [7, 11) is -5.13. The highest BCUT2D eigenvalue weighted by molar-refractivity contribution is 7.47. The SMILES string of the molecule is CCCCCCCC/C=C\CCCC(O)CC(=O)NC(COP(=O)(O)OC1C(O)C(O)C(O)C(O)C1O)C(O)/C=C/CCCCCCCCC. The van der Waals surface area contributed by atoms with Crippen LogP contribution in [0.4, 0.5) is 0 Å². The van der Waals surface area contributed by atoms with Gasteiger partial charge in [-0.1, -0.05) is 109 Å². The van der Waals surface area contributed by atoms with E-state index in [1.807, 2.05) is 0 Å². The minimum atomic E-state index is -5.13. The quantitative estimate of drug-likeness (QED) is 0.0301. The molecule has 14 heteroatoms. The number of phosphoric acid groups is 1. The summed E-state index contributed by atoms with van der Waals surface area (Å²) in [4.78, 5) is 23.2. The highest BCUT2D eigenvalue weighted by atomic mass is 31.2. The Hall–Kier alpha value is -1.22. The molecule has 0 radical (unpaired) electrons. The van der Waals surface area contributed by atoms with Gasteiger partial charge in [-0.15, -0.1) is 0 Å². The summed E-state index contributed by atoms with van der Waals surface area (Å²) in [6, 6.07) is -1.24. The zero-order chi connectivity index (χ0) is 37.4. The minimum absolute atomic E-state index is 0.266. The third-order valence-corrected chi connectivity index (χ3v) is 10.0. The van der Waals surface area contributed by atoms with Crippen LogP contribution in [-0.2, 0) is 18.4 Å². The van der Waals surface area contributed by atoms with E-state index < -0.39 is 75.2 Å². The Bertz CT molecular complexity index is 969. The average Bonchev–Trinajstić information content (AvgIpc) is 3.08. The lowest BCUT2D eigenvalue weighted by molar-refractivity contribution is -0.220. The van der Waals surface area contributed by atoms with Crippen LogP contribution in [0.2, 0.25) is 0 Å². The molecule has 0 aromatic carbocycles. The highest BCUT2D eigenvalue weighted by Crippen LogP contribution is 2.47. The number of allylic oxidation sites excluding steroid dienone is 3. The first-order valence-corrected chi connectivity index (χ1v) is 20.4. The highest BCUT2D eigenvalue weighted by Gasteiger charge is 2.51. The number of phosphoric ester groups is 1. The van der Waals surface area contributed by atoms with E-state index in [-0.39, 0.29) is 6.42 Å². The molecular weight excluding hydrogens is 669 g/mol. The van der Waals surface area contributed by atoms with Gasteiger partial charge < -0.3 is 46.0 Å². The van der Waals surface area contributed by atoms with Crippen molar-refractivity contribution in [3.05, 3.63) is 24.3 Å². The summed E-state index contributed by atoms with van der Waals surface area (Å²) in [5.41, 5.74) is 0. The molecule has 0 heterocycles. The van der Waals surface area contributed by atoms with Crippen LogP contribution in [-0.4, -0.2) is 108 Å². The summed E-state index contributed by atoms with van der Waals surface area (Å²) >= 11 is 0. The molecule has 8 unspecified atom stereocenters. The van der Waals surface area contributed by atoms with Crippen LogP contribution >= 0.6 is 7.82 Å². The number of rotatable bonds is 29. The molecular formula is C36H68NO12P. The van der Waals surface area contributed by atoms with Crippen LogP contribution in [0.15, 0.2) is 24.3 Å². The number of amides is 1. The van der Waals surface area contributed by atoms with Crippen molar-refractivity contribution in [2.24, 2.45) is 0 Å². The summed E-state index contributed by atoms with van der Waals surface area (Å²) in [5, 5.41) is 73.8. The molecule has 0 aliphatic heterocycles. The normalized spacial score (nSPS) is 25.9. The first-order valence-electron chi connectivity index (χ1n) is 18.9. The van der Waals surface area contributed by atoms with Gasteiger partial charge in [0.15, 0.2) is 0 Å². The fourth-order valence-corrected chi connectivity index (χ4v) is 6.79. The number of aliphatic hydroxyl groups excluding tert-OH is 7. The number of hydrogen-bond acceptors (Lipinski definition) is 11. The predicted molar refractivity (Wildman–Crippen MR) is 192 cm³/mol. The van der Waals surface area contributed by atoms with Crippen LogP contribution < -0.4 is 5.32 Å².